The molecule has 17 heavy (non-hydrogen) atoms. The number of nitrogens with one attached hydrogen (secondary N) is 1. The SMILES string of the molecule is C#CCC(C)NCc1cccc2cccnc12. The summed E-state index contributed by atoms with van der Waals surface area (Å²) in [5.74, 6) is 2.66. The second-order valence-electron chi connectivity index (χ2n) is 4.18. The van der Waals surface area contributed by atoms with Crippen molar-refractivity contribution >= 4 is 10.9 Å². The average molecular weight is 224 g/mol. The summed E-state index contributed by atoms with van der Waals surface area (Å²) in [6, 6.07) is 10.6. The van der Waals surface area contributed by atoms with Gasteiger partial charge in [0.1, 0.15) is 0 Å². The van der Waals surface area contributed by atoms with E-state index in [1.54, 1.807) is 0 Å². The average Bonchev–Trinajstić information content (AvgIpc) is 2.36. The van der Waals surface area contributed by atoms with E-state index in [2.05, 4.69) is 47.4 Å². The van der Waals surface area contributed by atoms with Gasteiger partial charge in [-0.1, -0.05) is 24.3 Å². The van der Waals surface area contributed by atoms with Crippen LogP contribution in [0.25, 0.3) is 10.9 Å². The molecule has 1 aromatic heterocycles. The molecule has 0 bridgehead atoms. The minimum atomic E-state index is 0.332. The molecule has 1 N–H and O–H groups in total. The Hall–Kier alpha value is -1.85. The Balaban J connectivity index is 2.16. The smallest absolute Gasteiger partial charge is 0.0746 e. The highest BCUT2D eigenvalue weighted by molar-refractivity contribution is 5.81. The first-order valence-corrected chi connectivity index (χ1v) is 5.80. The van der Waals surface area contributed by atoms with Crippen molar-refractivity contribution in [3.05, 3.63) is 42.1 Å². The fourth-order valence-electron chi connectivity index (χ4n) is 1.84. The van der Waals surface area contributed by atoms with Crippen LogP contribution < -0.4 is 5.32 Å². The first kappa shape index (κ1) is 11.6. The number of terminal acetylenes is 1. The maximum absolute atomic E-state index is 5.29. The summed E-state index contributed by atoms with van der Waals surface area (Å²) < 4.78 is 0. The molecule has 1 heterocycles. The lowest BCUT2D eigenvalue weighted by Crippen LogP contribution is -2.24. The zero-order chi connectivity index (χ0) is 12.1. The van der Waals surface area contributed by atoms with Crippen LogP contribution in [0.2, 0.25) is 0 Å². The molecule has 0 spiro atoms. The molecule has 0 fully saturated rings. The number of benzene rings is 1. The minimum Gasteiger partial charge on any atom is -0.309 e. The van der Waals surface area contributed by atoms with E-state index in [1.165, 1.54) is 10.9 Å². The quantitative estimate of drug-likeness (QED) is 0.808. The molecule has 0 saturated carbocycles. The number of hydrogen-bond acceptors (Lipinski definition) is 2. The van der Waals surface area contributed by atoms with Crippen molar-refractivity contribution in [1.82, 2.24) is 10.3 Å². The molecule has 0 amide bonds. The van der Waals surface area contributed by atoms with E-state index in [9.17, 15) is 0 Å². The number of rotatable bonds is 4. The van der Waals surface area contributed by atoms with Crippen molar-refractivity contribution in [1.29, 1.82) is 0 Å². The van der Waals surface area contributed by atoms with Gasteiger partial charge in [-0.05, 0) is 18.6 Å². The molecular weight excluding hydrogens is 208 g/mol. The van der Waals surface area contributed by atoms with Crippen LogP contribution in [-0.2, 0) is 6.54 Å². The van der Waals surface area contributed by atoms with Crippen LogP contribution in [0.4, 0.5) is 0 Å². The highest BCUT2D eigenvalue weighted by Crippen LogP contribution is 2.15. The fourth-order valence-corrected chi connectivity index (χ4v) is 1.84. The van der Waals surface area contributed by atoms with Crippen LogP contribution in [0.1, 0.15) is 18.9 Å². The molecule has 1 atom stereocenters. The summed E-state index contributed by atoms with van der Waals surface area (Å²) in [6.45, 7) is 2.90. The number of hydrogen-bond donors (Lipinski definition) is 1. The van der Waals surface area contributed by atoms with Crippen molar-refractivity contribution in [3.63, 3.8) is 0 Å². The second kappa shape index (κ2) is 5.47. The molecule has 0 aliphatic carbocycles. The molecule has 86 valence electrons. The molecular formula is C15H16N2. The summed E-state index contributed by atoms with van der Waals surface area (Å²) in [6.07, 6.45) is 7.86. The minimum absolute atomic E-state index is 0.332. The van der Waals surface area contributed by atoms with E-state index in [0.29, 0.717) is 6.04 Å². The van der Waals surface area contributed by atoms with Gasteiger partial charge in [0.05, 0.1) is 5.52 Å². The highest BCUT2D eigenvalue weighted by Gasteiger charge is 2.03. The maximum atomic E-state index is 5.29. The Morgan fingerprint density at radius 3 is 3.00 bits per heavy atom. The Labute approximate surface area is 102 Å². The maximum Gasteiger partial charge on any atom is 0.0746 e. The van der Waals surface area contributed by atoms with E-state index in [1.807, 2.05) is 12.3 Å². The van der Waals surface area contributed by atoms with Crippen molar-refractivity contribution in [2.75, 3.05) is 0 Å². The standard InChI is InChI=1S/C15H16N2/c1-3-6-12(2)17-11-14-8-4-7-13-9-5-10-16-15(13)14/h1,4-5,7-10,12,17H,6,11H2,2H3. The van der Waals surface area contributed by atoms with E-state index in [-0.39, 0.29) is 0 Å². The topological polar surface area (TPSA) is 24.9 Å². The van der Waals surface area contributed by atoms with Gasteiger partial charge in [-0.3, -0.25) is 4.98 Å². The van der Waals surface area contributed by atoms with E-state index >= 15 is 0 Å². The van der Waals surface area contributed by atoms with Gasteiger partial charge >= 0.3 is 0 Å². The Bertz CT molecular complexity index is 535. The second-order valence-corrected chi connectivity index (χ2v) is 4.18. The van der Waals surface area contributed by atoms with Crippen molar-refractivity contribution in [2.45, 2.75) is 25.9 Å². The Morgan fingerprint density at radius 1 is 1.35 bits per heavy atom. The number of aromatic nitrogens is 1. The Morgan fingerprint density at radius 2 is 2.18 bits per heavy atom. The number of fused-ring (bicyclic) bond motifs is 1. The fraction of sp³-hybridized carbons (Fsp3) is 0.267. The van der Waals surface area contributed by atoms with Crippen molar-refractivity contribution in [3.8, 4) is 12.3 Å². The van der Waals surface area contributed by atoms with Crippen LogP contribution in [0.15, 0.2) is 36.5 Å². The van der Waals surface area contributed by atoms with Crippen LogP contribution in [0.5, 0.6) is 0 Å². The Kier molecular flexibility index (Phi) is 3.74. The van der Waals surface area contributed by atoms with Crippen molar-refractivity contribution in [2.24, 2.45) is 0 Å². The normalized spacial score (nSPS) is 12.2. The lowest BCUT2D eigenvalue weighted by atomic mass is 10.1. The molecule has 0 aliphatic rings. The molecule has 2 rings (SSSR count). The third kappa shape index (κ3) is 2.83. The molecule has 0 aliphatic heterocycles. The third-order valence-corrected chi connectivity index (χ3v) is 2.78. The largest absolute Gasteiger partial charge is 0.309 e. The first-order valence-electron chi connectivity index (χ1n) is 5.80. The van der Waals surface area contributed by atoms with Gasteiger partial charge < -0.3 is 5.32 Å². The highest BCUT2D eigenvalue weighted by atomic mass is 14.9. The van der Waals surface area contributed by atoms with Gasteiger partial charge in [-0.25, -0.2) is 0 Å². The zero-order valence-corrected chi connectivity index (χ0v) is 9.98. The van der Waals surface area contributed by atoms with Crippen LogP contribution in [-0.4, -0.2) is 11.0 Å². The van der Waals surface area contributed by atoms with E-state index in [0.717, 1.165) is 18.5 Å². The van der Waals surface area contributed by atoms with Gasteiger partial charge in [0.25, 0.3) is 0 Å². The predicted molar refractivity (Wildman–Crippen MR) is 71.5 cm³/mol. The first-order chi connectivity index (χ1) is 8.31. The lowest BCUT2D eigenvalue weighted by Gasteiger charge is -2.11. The van der Waals surface area contributed by atoms with Crippen molar-refractivity contribution < 1.29 is 0 Å². The predicted octanol–water partition coefficient (Wildman–Crippen LogP) is 2.74. The van der Waals surface area contributed by atoms with Crippen LogP contribution in [0.3, 0.4) is 0 Å². The summed E-state index contributed by atoms with van der Waals surface area (Å²) >= 11 is 0. The summed E-state index contributed by atoms with van der Waals surface area (Å²) in [4.78, 5) is 4.42. The summed E-state index contributed by atoms with van der Waals surface area (Å²) in [5, 5.41) is 4.59. The summed E-state index contributed by atoms with van der Waals surface area (Å²) in [7, 11) is 0. The van der Waals surface area contributed by atoms with Gasteiger partial charge in [-0.2, -0.15) is 0 Å². The molecule has 1 unspecified atom stereocenters. The lowest BCUT2D eigenvalue weighted by molar-refractivity contribution is 0.560. The van der Waals surface area contributed by atoms with Crippen LogP contribution in [0, 0.1) is 12.3 Å². The molecule has 2 nitrogen and oxygen atoms in total. The van der Waals surface area contributed by atoms with Gasteiger partial charge in [0.2, 0.25) is 0 Å². The van der Waals surface area contributed by atoms with Gasteiger partial charge in [-0.15, -0.1) is 12.3 Å². The van der Waals surface area contributed by atoms with Crippen LogP contribution >= 0.6 is 0 Å². The van der Waals surface area contributed by atoms with Gasteiger partial charge in [0, 0.05) is 30.6 Å². The number of nitrogens with zero attached hydrogens (tertiary/aromatic N) is 1. The molecule has 0 saturated heterocycles. The van der Waals surface area contributed by atoms with E-state index < -0.39 is 0 Å². The number of para-hydroxylation sites is 1. The zero-order valence-electron chi connectivity index (χ0n) is 9.98. The molecule has 2 heteroatoms. The third-order valence-electron chi connectivity index (χ3n) is 2.78. The molecule has 0 radical (unpaired) electrons. The summed E-state index contributed by atoms with van der Waals surface area (Å²) in [5.41, 5.74) is 2.28. The molecule has 2 aromatic rings. The van der Waals surface area contributed by atoms with Gasteiger partial charge in [0.15, 0.2) is 0 Å². The van der Waals surface area contributed by atoms with E-state index in [4.69, 9.17) is 6.42 Å². The number of pyridine rings is 1. The molecule has 1 aromatic carbocycles. The monoisotopic (exact) mass is 224 g/mol.